The van der Waals surface area contributed by atoms with Crippen LogP contribution >= 0.6 is 0 Å². The number of nitrogens with zero attached hydrogens (tertiary/aromatic N) is 1. The third-order valence-corrected chi connectivity index (χ3v) is 10.5. The molecule has 0 fully saturated rings. The Hall–Kier alpha value is -6.64. The molecular formula is C49H33NO. The number of rotatable bonds is 5. The zero-order valence-corrected chi connectivity index (χ0v) is 27.9. The Morgan fingerprint density at radius 2 is 0.824 bits per heavy atom. The minimum Gasteiger partial charge on any atom is -0.457 e. The second-order valence-electron chi connectivity index (χ2n) is 13.3. The van der Waals surface area contributed by atoms with Gasteiger partial charge in [-0.25, -0.2) is 0 Å². The van der Waals surface area contributed by atoms with E-state index >= 15 is 0 Å². The summed E-state index contributed by atoms with van der Waals surface area (Å²) in [6, 6.07) is 72.0. The van der Waals surface area contributed by atoms with Gasteiger partial charge in [0.05, 0.1) is 5.41 Å². The van der Waals surface area contributed by atoms with Crippen molar-refractivity contribution in [2.45, 2.75) is 5.41 Å². The molecule has 1 unspecified atom stereocenters. The Kier molecular flexibility index (Phi) is 6.75. The first kappa shape index (κ1) is 29.3. The van der Waals surface area contributed by atoms with Crippen LogP contribution in [-0.4, -0.2) is 0 Å². The van der Waals surface area contributed by atoms with Gasteiger partial charge in [0.15, 0.2) is 0 Å². The Morgan fingerprint density at radius 1 is 0.314 bits per heavy atom. The lowest BCUT2D eigenvalue weighted by Crippen LogP contribution is -2.32. The average molecular weight is 652 g/mol. The van der Waals surface area contributed by atoms with Crippen LogP contribution in [0.25, 0.3) is 33.4 Å². The predicted molar refractivity (Wildman–Crippen MR) is 209 cm³/mol. The van der Waals surface area contributed by atoms with Crippen LogP contribution in [0, 0.1) is 0 Å². The smallest absolute Gasteiger partial charge is 0.132 e. The number of hydrogen-bond acceptors (Lipinski definition) is 2. The molecule has 8 aromatic carbocycles. The zero-order valence-electron chi connectivity index (χ0n) is 27.9. The van der Waals surface area contributed by atoms with Gasteiger partial charge >= 0.3 is 0 Å². The Bertz CT molecular complexity index is 2510. The van der Waals surface area contributed by atoms with Crippen LogP contribution < -0.4 is 9.64 Å². The molecule has 2 aliphatic rings. The van der Waals surface area contributed by atoms with Crippen molar-refractivity contribution in [1.29, 1.82) is 0 Å². The molecule has 0 N–H and O–H groups in total. The number of hydrogen-bond donors (Lipinski definition) is 0. The summed E-state index contributed by atoms with van der Waals surface area (Å²) in [7, 11) is 0. The average Bonchev–Trinajstić information content (AvgIpc) is 3.49. The summed E-state index contributed by atoms with van der Waals surface area (Å²) < 4.78 is 6.95. The first-order valence-electron chi connectivity index (χ1n) is 17.5. The monoisotopic (exact) mass is 651 g/mol. The fourth-order valence-electron chi connectivity index (χ4n) is 8.39. The fourth-order valence-corrected chi connectivity index (χ4v) is 8.39. The molecule has 1 heterocycles. The topological polar surface area (TPSA) is 12.5 Å². The van der Waals surface area contributed by atoms with Crippen molar-refractivity contribution in [1.82, 2.24) is 0 Å². The third kappa shape index (κ3) is 4.50. The largest absolute Gasteiger partial charge is 0.457 e. The summed E-state index contributed by atoms with van der Waals surface area (Å²) >= 11 is 0. The van der Waals surface area contributed by atoms with E-state index in [1.807, 2.05) is 0 Å². The van der Waals surface area contributed by atoms with Gasteiger partial charge in [0.25, 0.3) is 0 Å². The van der Waals surface area contributed by atoms with Crippen LogP contribution in [0.5, 0.6) is 11.5 Å². The molecule has 240 valence electrons. The van der Waals surface area contributed by atoms with Crippen molar-refractivity contribution in [2.24, 2.45) is 0 Å². The maximum absolute atomic E-state index is 6.95. The van der Waals surface area contributed by atoms with E-state index in [4.69, 9.17) is 4.74 Å². The van der Waals surface area contributed by atoms with E-state index in [1.165, 1.54) is 33.4 Å². The number of fused-ring (bicyclic) bond motifs is 9. The minimum absolute atomic E-state index is 0.621. The second-order valence-corrected chi connectivity index (χ2v) is 13.3. The Morgan fingerprint density at radius 3 is 1.47 bits per heavy atom. The molecule has 0 saturated heterocycles. The van der Waals surface area contributed by atoms with E-state index in [0.717, 1.165) is 50.8 Å². The number of para-hydroxylation sites is 3. The first-order chi connectivity index (χ1) is 25.3. The van der Waals surface area contributed by atoms with Crippen molar-refractivity contribution in [3.8, 4) is 44.9 Å². The summed E-state index contributed by atoms with van der Waals surface area (Å²) in [6.45, 7) is 0. The van der Waals surface area contributed by atoms with Crippen LogP contribution in [-0.2, 0) is 5.41 Å². The Balaban J connectivity index is 1.31. The molecule has 10 rings (SSSR count). The molecule has 1 aliphatic heterocycles. The van der Waals surface area contributed by atoms with Gasteiger partial charge in [-0.15, -0.1) is 0 Å². The van der Waals surface area contributed by atoms with Crippen LogP contribution in [0.4, 0.5) is 17.1 Å². The molecular weight excluding hydrogens is 619 g/mol. The molecule has 1 spiro atoms. The summed E-state index contributed by atoms with van der Waals surface area (Å²) in [5, 5.41) is 0. The number of ether oxygens (including phenoxy) is 1. The molecule has 0 amide bonds. The lowest BCUT2D eigenvalue weighted by molar-refractivity contribution is 0.436. The van der Waals surface area contributed by atoms with Gasteiger partial charge in [-0.2, -0.15) is 0 Å². The summed E-state index contributed by atoms with van der Waals surface area (Å²) in [5.41, 5.74) is 14.7. The second kappa shape index (κ2) is 11.8. The molecule has 0 saturated carbocycles. The Labute approximate surface area is 298 Å². The van der Waals surface area contributed by atoms with Crippen molar-refractivity contribution in [3.05, 3.63) is 222 Å². The van der Waals surface area contributed by atoms with Crippen LogP contribution in [0.15, 0.2) is 200 Å². The molecule has 2 heteroatoms. The lowest BCUT2D eigenvalue weighted by atomic mass is 9.65. The first-order valence-corrected chi connectivity index (χ1v) is 17.5. The van der Waals surface area contributed by atoms with Crippen molar-refractivity contribution < 1.29 is 4.74 Å². The van der Waals surface area contributed by atoms with E-state index < -0.39 is 5.41 Å². The molecule has 1 atom stereocenters. The zero-order chi connectivity index (χ0) is 33.8. The molecule has 1 aliphatic carbocycles. The summed E-state index contributed by atoms with van der Waals surface area (Å²) in [5.74, 6) is 1.76. The SMILES string of the molecule is c1ccc(-c2cc3c(cc2-c2ccccc2)C2(c4ccccc4O3)c3ccccc3-c3ccc(N(c4ccccc4)c4ccccc4)cc32)cc1. The van der Waals surface area contributed by atoms with E-state index in [2.05, 4.69) is 205 Å². The normalized spacial score (nSPS) is 14.9. The van der Waals surface area contributed by atoms with Gasteiger partial charge in [0, 0.05) is 28.2 Å². The number of benzene rings is 8. The molecule has 8 aromatic rings. The van der Waals surface area contributed by atoms with Crippen molar-refractivity contribution in [3.63, 3.8) is 0 Å². The van der Waals surface area contributed by atoms with Crippen molar-refractivity contribution >= 4 is 17.1 Å². The van der Waals surface area contributed by atoms with Crippen LogP contribution in [0.3, 0.4) is 0 Å². The van der Waals surface area contributed by atoms with Gasteiger partial charge in [0.1, 0.15) is 11.5 Å². The maximum atomic E-state index is 6.95. The van der Waals surface area contributed by atoms with Crippen molar-refractivity contribution in [2.75, 3.05) is 4.90 Å². The summed E-state index contributed by atoms with van der Waals surface area (Å²) in [6.07, 6.45) is 0. The quantitative estimate of drug-likeness (QED) is 0.184. The van der Waals surface area contributed by atoms with E-state index in [1.54, 1.807) is 0 Å². The van der Waals surface area contributed by atoms with Crippen LogP contribution in [0.2, 0.25) is 0 Å². The summed E-state index contributed by atoms with van der Waals surface area (Å²) in [4.78, 5) is 2.36. The lowest BCUT2D eigenvalue weighted by Gasteiger charge is -2.40. The van der Waals surface area contributed by atoms with Gasteiger partial charge in [-0.1, -0.05) is 146 Å². The molecule has 0 aromatic heterocycles. The van der Waals surface area contributed by atoms with Gasteiger partial charge in [-0.3, -0.25) is 0 Å². The molecule has 0 radical (unpaired) electrons. The third-order valence-electron chi connectivity index (χ3n) is 10.5. The highest BCUT2D eigenvalue weighted by atomic mass is 16.5. The molecule has 2 nitrogen and oxygen atoms in total. The fraction of sp³-hybridized carbons (Fsp3) is 0.0204. The van der Waals surface area contributed by atoms with Gasteiger partial charge in [0.2, 0.25) is 0 Å². The van der Waals surface area contributed by atoms with E-state index in [-0.39, 0.29) is 0 Å². The highest BCUT2D eigenvalue weighted by Crippen LogP contribution is 2.63. The highest BCUT2D eigenvalue weighted by Gasteiger charge is 2.51. The highest BCUT2D eigenvalue weighted by molar-refractivity contribution is 5.94. The van der Waals surface area contributed by atoms with Crippen LogP contribution in [0.1, 0.15) is 22.3 Å². The van der Waals surface area contributed by atoms with E-state index in [9.17, 15) is 0 Å². The number of anilines is 3. The van der Waals surface area contributed by atoms with Gasteiger partial charge < -0.3 is 9.64 Å². The molecule has 51 heavy (non-hydrogen) atoms. The minimum atomic E-state index is -0.621. The van der Waals surface area contributed by atoms with Gasteiger partial charge in [-0.05, 0) is 99.1 Å². The standard InChI is InChI=1S/C49H33NO/c1-5-17-34(18-6-1)41-32-46-48(33-42(41)35-19-7-2-8-20-35)51-47-28-16-15-27-44(47)49(46)43-26-14-13-25-39(43)40-30-29-38(31-45(40)49)50(36-21-9-3-10-22-36)37-23-11-4-12-24-37/h1-33H. The predicted octanol–water partition coefficient (Wildman–Crippen LogP) is 13.0. The molecule has 0 bridgehead atoms. The maximum Gasteiger partial charge on any atom is 0.132 e. The van der Waals surface area contributed by atoms with E-state index in [0.29, 0.717) is 0 Å².